The topological polar surface area (TPSA) is 67.9 Å². The van der Waals surface area contributed by atoms with E-state index in [0.717, 1.165) is 11.1 Å². The summed E-state index contributed by atoms with van der Waals surface area (Å²) in [6, 6.07) is 23.8. The van der Waals surface area contributed by atoms with Crippen LogP contribution < -0.4 is 14.8 Å². The molecule has 0 aliphatic rings. The van der Waals surface area contributed by atoms with Crippen LogP contribution in [0.1, 0.15) is 30.9 Å². The molecule has 0 aromatic heterocycles. The predicted octanol–water partition coefficient (Wildman–Crippen LogP) is 5.28. The van der Waals surface area contributed by atoms with Gasteiger partial charge in [-0.3, -0.25) is 9.59 Å². The van der Waals surface area contributed by atoms with Crippen molar-refractivity contribution in [2.75, 3.05) is 20.3 Å². The van der Waals surface area contributed by atoms with Crippen LogP contribution in [0, 0.1) is 0 Å². The third-order valence-corrected chi connectivity index (χ3v) is 5.98. The third kappa shape index (κ3) is 8.31. The number of hydrogen-bond donors (Lipinski definition) is 1. The Labute approximate surface area is 218 Å². The highest BCUT2D eigenvalue weighted by atomic mass is 35.5. The van der Waals surface area contributed by atoms with Crippen molar-refractivity contribution in [3.05, 3.63) is 95.0 Å². The van der Waals surface area contributed by atoms with Crippen LogP contribution in [0.2, 0.25) is 5.02 Å². The molecule has 0 aliphatic heterocycles. The number of methoxy groups -OCH3 is 1. The van der Waals surface area contributed by atoms with Crippen LogP contribution in [0.4, 0.5) is 0 Å². The van der Waals surface area contributed by atoms with Gasteiger partial charge in [0.1, 0.15) is 17.5 Å². The lowest BCUT2D eigenvalue weighted by Crippen LogP contribution is -2.50. The number of amides is 2. The van der Waals surface area contributed by atoms with Crippen molar-refractivity contribution < 1.29 is 19.1 Å². The first-order valence-electron chi connectivity index (χ1n) is 12.1. The van der Waals surface area contributed by atoms with Crippen LogP contribution in [-0.2, 0) is 22.6 Å². The van der Waals surface area contributed by atoms with E-state index >= 15 is 0 Å². The molecule has 0 bridgehead atoms. The third-order valence-electron chi connectivity index (χ3n) is 5.73. The molecule has 36 heavy (non-hydrogen) atoms. The maximum atomic E-state index is 13.5. The smallest absolute Gasteiger partial charge is 0.243 e. The quantitative estimate of drug-likeness (QED) is 0.319. The van der Waals surface area contributed by atoms with Gasteiger partial charge in [0, 0.05) is 31.0 Å². The highest BCUT2D eigenvalue weighted by Gasteiger charge is 2.30. The molecule has 0 spiro atoms. The minimum absolute atomic E-state index is 0.107. The Morgan fingerprint density at radius 1 is 0.944 bits per heavy atom. The first kappa shape index (κ1) is 27.1. The summed E-state index contributed by atoms with van der Waals surface area (Å²) >= 11 is 5.92. The minimum Gasteiger partial charge on any atom is -0.497 e. The number of nitrogens with zero attached hydrogens (tertiary/aromatic N) is 1. The second-order valence-electron chi connectivity index (χ2n) is 8.38. The van der Waals surface area contributed by atoms with Gasteiger partial charge in [-0.1, -0.05) is 54.1 Å². The molecule has 1 N–H and O–H groups in total. The number of hydrogen-bond acceptors (Lipinski definition) is 4. The normalized spacial score (nSPS) is 11.4. The van der Waals surface area contributed by atoms with Crippen LogP contribution in [0.25, 0.3) is 0 Å². The maximum Gasteiger partial charge on any atom is 0.243 e. The fourth-order valence-corrected chi connectivity index (χ4v) is 4.03. The summed E-state index contributed by atoms with van der Waals surface area (Å²) in [6.07, 6.45) is 1.19. The number of carbonyl (C=O) groups is 2. The highest BCUT2D eigenvalue weighted by molar-refractivity contribution is 6.30. The van der Waals surface area contributed by atoms with Crippen LogP contribution in [0.3, 0.4) is 0 Å². The van der Waals surface area contributed by atoms with Gasteiger partial charge in [-0.15, -0.1) is 0 Å². The van der Waals surface area contributed by atoms with Crippen molar-refractivity contribution in [1.82, 2.24) is 10.2 Å². The Kier molecular flexibility index (Phi) is 10.6. The van der Waals surface area contributed by atoms with Gasteiger partial charge in [0.2, 0.25) is 11.8 Å². The number of rotatable bonds is 13. The number of nitrogens with one attached hydrogen (secondary N) is 1. The van der Waals surface area contributed by atoms with Gasteiger partial charge in [0.15, 0.2) is 0 Å². The zero-order chi connectivity index (χ0) is 25.8. The average molecular weight is 509 g/mol. The van der Waals surface area contributed by atoms with Crippen molar-refractivity contribution in [2.24, 2.45) is 0 Å². The van der Waals surface area contributed by atoms with Crippen LogP contribution in [0.5, 0.6) is 11.5 Å². The summed E-state index contributed by atoms with van der Waals surface area (Å²) in [5.41, 5.74) is 1.88. The van der Waals surface area contributed by atoms with Gasteiger partial charge in [0.05, 0.1) is 13.7 Å². The van der Waals surface area contributed by atoms with Crippen molar-refractivity contribution in [1.29, 1.82) is 0 Å². The molecule has 0 heterocycles. The number of halogens is 1. The Hall–Kier alpha value is -3.51. The largest absolute Gasteiger partial charge is 0.497 e. The lowest BCUT2D eigenvalue weighted by molar-refractivity contribution is -0.141. The van der Waals surface area contributed by atoms with E-state index in [1.54, 1.807) is 36.3 Å². The summed E-state index contributed by atoms with van der Waals surface area (Å²) < 4.78 is 11.1. The summed E-state index contributed by atoms with van der Waals surface area (Å²) in [6.45, 7) is 3.04. The monoisotopic (exact) mass is 508 g/mol. The SMILES string of the molecule is CCNC(=O)[C@@H](Cc1ccccc1)N(Cc1cccc(OC)c1)C(=O)CCCOc1ccc(Cl)cc1. The minimum atomic E-state index is -0.650. The Morgan fingerprint density at radius 3 is 2.36 bits per heavy atom. The van der Waals surface area contributed by atoms with Crippen LogP contribution >= 0.6 is 11.6 Å². The molecule has 3 aromatic carbocycles. The van der Waals surface area contributed by atoms with E-state index in [1.807, 2.05) is 61.5 Å². The summed E-state index contributed by atoms with van der Waals surface area (Å²) in [5, 5.41) is 3.55. The maximum absolute atomic E-state index is 13.5. The van der Waals surface area contributed by atoms with E-state index in [-0.39, 0.29) is 18.2 Å². The van der Waals surface area contributed by atoms with Crippen molar-refractivity contribution in [3.8, 4) is 11.5 Å². The molecule has 0 fully saturated rings. The molecule has 2 amide bonds. The Morgan fingerprint density at radius 2 is 1.67 bits per heavy atom. The molecule has 6 nitrogen and oxygen atoms in total. The van der Waals surface area contributed by atoms with Crippen LogP contribution in [-0.4, -0.2) is 43.0 Å². The summed E-state index contributed by atoms with van der Waals surface area (Å²) in [5.74, 6) is 1.12. The van der Waals surface area contributed by atoms with E-state index in [9.17, 15) is 9.59 Å². The fourth-order valence-electron chi connectivity index (χ4n) is 3.90. The van der Waals surface area contributed by atoms with E-state index in [1.165, 1.54) is 0 Å². The number of carbonyl (C=O) groups excluding carboxylic acids is 2. The molecule has 0 aliphatic carbocycles. The van der Waals surface area contributed by atoms with Gasteiger partial charge in [-0.25, -0.2) is 0 Å². The van der Waals surface area contributed by atoms with Gasteiger partial charge in [-0.2, -0.15) is 0 Å². The first-order chi connectivity index (χ1) is 17.5. The molecular weight excluding hydrogens is 476 g/mol. The van der Waals surface area contributed by atoms with Crippen molar-refractivity contribution in [3.63, 3.8) is 0 Å². The Bertz CT molecular complexity index is 1110. The van der Waals surface area contributed by atoms with E-state index in [0.29, 0.717) is 49.1 Å². The molecule has 0 unspecified atom stereocenters. The highest BCUT2D eigenvalue weighted by Crippen LogP contribution is 2.20. The zero-order valence-corrected chi connectivity index (χ0v) is 21.5. The fraction of sp³-hybridized carbons (Fsp3) is 0.310. The Balaban J connectivity index is 1.77. The number of likely N-dealkylation sites (N-methyl/N-ethyl adjacent to an activating group) is 1. The molecule has 0 radical (unpaired) electrons. The molecule has 190 valence electrons. The molecule has 3 rings (SSSR count). The molecular formula is C29H33ClN2O4. The standard InChI is InChI=1S/C29H33ClN2O4/c1-3-31-29(34)27(20-22-9-5-4-6-10-22)32(21-23-11-7-12-26(19-23)35-2)28(33)13-8-18-36-25-16-14-24(30)15-17-25/h4-7,9-12,14-17,19,27H,3,8,13,18,20-21H2,1-2H3,(H,31,34)/t27-/m1/s1. The van der Waals surface area contributed by atoms with Gasteiger partial charge in [-0.05, 0) is 60.9 Å². The molecule has 1 atom stereocenters. The molecule has 3 aromatic rings. The van der Waals surface area contributed by atoms with E-state index in [2.05, 4.69) is 5.32 Å². The summed E-state index contributed by atoms with van der Waals surface area (Å²) in [4.78, 5) is 28.4. The van der Waals surface area contributed by atoms with E-state index < -0.39 is 6.04 Å². The second-order valence-corrected chi connectivity index (χ2v) is 8.82. The van der Waals surface area contributed by atoms with Crippen molar-refractivity contribution >= 4 is 23.4 Å². The molecule has 0 saturated carbocycles. The van der Waals surface area contributed by atoms with Gasteiger partial charge in [0.25, 0.3) is 0 Å². The molecule has 0 saturated heterocycles. The van der Waals surface area contributed by atoms with Gasteiger partial charge < -0.3 is 19.7 Å². The second kappa shape index (κ2) is 14.1. The predicted molar refractivity (Wildman–Crippen MR) is 142 cm³/mol. The zero-order valence-electron chi connectivity index (χ0n) is 20.8. The lowest BCUT2D eigenvalue weighted by atomic mass is 10.0. The van der Waals surface area contributed by atoms with Crippen LogP contribution in [0.15, 0.2) is 78.9 Å². The van der Waals surface area contributed by atoms with Crippen molar-refractivity contribution in [2.45, 2.75) is 38.8 Å². The number of benzene rings is 3. The average Bonchev–Trinajstić information content (AvgIpc) is 2.90. The first-order valence-corrected chi connectivity index (χ1v) is 12.5. The summed E-state index contributed by atoms with van der Waals surface area (Å²) in [7, 11) is 1.61. The number of ether oxygens (including phenoxy) is 2. The van der Waals surface area contributed by atoms with Gasteiger partial charge >= 0.3 is 0 Å². The lowest BCUT2D eigenvalue weighted by Gasteiger charge is -2.31. The van der Waals surface area contributed by atoms with E-state index in [4.69, 9.17) is 21.1 Å². The molecule has 7 heteroatoms.